The maximum absolute atomic E-state index is 11.8. The van der Waals surface area contributed by atoms with Gasteiger partial charge in [-0.05, 0) is 13.3 Å². The van der Waals surface area contributed by atoms with E-state index in [-0.39, 0.29) is 11.4 Å². The Morgan fingerprint density at radius 1 is 1.27 bits per heavy atom. The second-order valence-electron chi connectivity index (χ2n) is 4.28. The Hall–Kier alpha value is 0.170. The van der Waals surface area contributed by atoms with Crippen molar-refractivity contribution in [2.75, 3.05) is 18.1 Å². The Kier molecular flexibility index (Phi) is 5.90. The highest BCUT2D eigenvalue weighted by Crippen LogP contribution is 2.43. The molecule has 1 rings (SSSR count). The molecule has 1 heterocycles. The van der Waals surface area contributed by atoms with E-state index < -0.39 is 0 Å². The first-order chi connectivity index (χ1) is 7.19. The van der Waals surface area contributed by atoms with Gasteiger partial charge in [0.05, 0.1) is 12.0 Å². The summed E-state index contributed by atoms with van der Waals surface area (Å²) in [5.74, 6) is 1.79. The molecular weight excluding hydrogens is 228 g/mol. The fourth-order valence-electron chi connectivity index (χ4n) is 1.37. The topological polar surface area (TPSA) is 26.3 Å². The van der Waals surface area contributed by atoms with Crippen molar-refractivity contribution in [1.29, 1.82) is 0 Å². The van der Waals surface area contributed by atoms with Gasteiger partial charge in [-0.1, -0.05) is 47.8 Å². The summed E-state index contributed by atoms with van der Waals surface area (Å²) in [4.78, 5) is 11.8. The molecular formula is C11H20O2S2. The molecule has 0 saturated carbocycles. The van der Waals surface area contributed by atoms with Crippen molar-refractivity contribution in [1.82, 2.24) is 0 Å². The van der Waals surface area contributed by atoms with Gasteiger partial charge < -0.3 is 4.74 Å². The minimum Gasteiger partial charge on any atom is -0.465 e. The summed E-state index contributed by atoms with van der Waals surface area (Å²) in [6.07, 6.45) is 4.64. The molecule has 1 aliphatic rings. The van der Waals surface area contributed by atoms with E-state index in [0.717, 1.165) is 17.9 Å². The van der Waals surface area contributed by atoms with Gasteiger partial charge in [0.1, 0.15) is 0 Å². The molecule has 0 amide bonds. The second kappa shape index (κ2) is 6.69. The minimum atomic E-state index is -0.236. The third kappa shape index (κ3) is 4.27. The summed E-state index contributed by atoms with van der Waals surface area (Å²) in [7, 11) is 3.55. The summed E-state index contributed by atoms with van der Waals surface area (Å²) in [5.41, 5.74) is -0.236. The van der Waals surface area contributed by atoms with E-state index in [4.69, 9.17) is 4.74 Å². The van der Waals surface area contributed by atoms with Crippen molar-refractivity contribution < 1.29 is 9.53 Å². The van der Waals surface area contributed by atoms with E-state index in [2.05, 4.69) is 6.92 Å². The molecule has 0 atom stereocenters. The van der Waals surface area contributed by atoms with Crippen LogP contribution < -0.4 is 0 Å². The number of hydrogen-bond acceptors (Lipinski definition) is 4. The Morgan fingerprint density at radius 2 is 1.93 bits per heavy atom. The molecule has 0 aromatic rings. The number of hydrogen-bond donors (Lipinski definition) is 0. The van der Waals surface area contributed by atoms with E-state index in [1.54, 1.807) is 21.6 Å². The van der Waals surface area contributed by atoms with Gasteiger partial charge in [-0.15, -0.1) is 0 Å². The highest BCUT2D eigenvalue weighted by Gasteiger charge is 2.39. The number of carbonyl (C=O) groups excluding carboxylic acids is 1. The third-order valence-corrected chi connectivity index (χ3v) is 5.45. The van der Waals surface area contributed by atoms with Gasteiger partial charge in [0.2, 0.25) is 0 Å². The van der Waals surface area contributed by atoms with Crippen LogP contribution in [0.2, 0.25) is 0 Å². The molecule has 15 heavy (non-hydrogen) atoms. The minimum absolute atomic E-state index is 0.00324. The molecule has 0 radical (unpaired) electrons. The van der Waals surface area contributed by atoms with Crippen LogP contribution in [0.25, 0.3) is 0 Å². The van der Waals surface area contributed by atoms with Crippen molar-refractivity contribution >= 4 is 27.6 Å². The molecule has 0 aromatic carbocycles. The quantitative estimate of drug-likeness (QED) is 0.408. The maximum Gasteiger partial charge on any atom is 0.313 e. The summed E-state index contributed by atoms with van der Waals surface area (Å²) in [6.45, 7) is 4.79. The van der Waals surface area contributed by atoms with E-state index in [1.165, 1.54) is 19.3 Å². The van der Waals surface area contributed by atoms with Gasteiger partial charge in [0.25, 0.3) is 0 Å². The van der Waals surface area contributed by atoms with Crippen molar-refractivity contribution in [2.45, 2.75) is 39.5 Å². The molecule has 1 saturated heterocycles. The molecule has 2 nitrogen and oxygen atoms in total. The van der Waals surface area contributed by atoms with Gasteiger partial charge in [-0.3, -0.25) is 4.79 Å². The standard InChI is InChI=1S/C11H20O2S2/c1-3-4-5-6-7-13-10(12)11(2)8-14-15-9-11/h3-9H2,1-2H3. The lowest BCUT2D eigenvalue weighted by Crippen LogP contribution is -2.32. The predicted octanol–water partition coefficient (Wildman–Crippen LogP) is 3.51. The Bertz CT molecular complexity index is 201. The van der Waals surface area contributed by atoms with Crippen LogP contribution in [0.3, 0.4) is 0 Å². The van der Waals surface area contributed by atoms with Crippen molar-refractivity contribution in [2.24, 2.45) is 5.41 Å². The maximum atomic E-state index is 11.8. The normalized spacial score (nSPS) is 19.1. The molecule has 0 aliphatic carbocycles. The Morgan fingerprint density at radius 3 is 2.53 bits per heavy atom. The van der Waals surface area contributed by atoms with Crippen LogP contribution in [-0.2, 0) is 9.53 Å². The van der Waals surface area contributed by atoms with Crippen molar-refractivity contribution in [3.05, 3.63) is 0 Å². The average molecular weight is 248 g/mol. The van der Waals surface area contributed by atoms with E-state index in [9.17, 15) is 4.79 Å². The lowest BCUT2D eigenvalue weighted by atomic mass is 9.96. The SMILES string of the molecule is CCCCCCOC(=O)C1(C)CSSC1. The molecule has 0 spiro atoms. The van der Waals surface area contributed by atoms with Crippen molar-refractivity contribution in [3.8, 4) is 0 Å². The zero-order valence-corrected chi connectivity index (χ0v) is 11.2. The zero-order chi connectivity index (χ0) is 11.1. The Labute approximate surface area is 100 Å². The molecule has 1 fully saturated rings. The molecule has 0 aromatic heterocycles. The molecule has 88 valence electrons. The first kappa shape index (κ1) is 13.2. The number of ether oxygens (including phenoxy) is 1. The van der Waals surface area contributed by atoms with Gasteiger partial charge >= 0.3 is 5.97 Å². The number of rotatable bonds is 6. The van der Waals surface area contributed by atoms with Crippen LogP contribution in [0.1, 0.15) is 39.5 Å². The van der Waals surface area contributed by atoms with Crippen LogP contribution in [0.5, 0.6) is 0 Å². The second-order valence-corrected chi connectivity index (χ2v) is 6.74. The summed E-state index contributed by atoms with van der Waals surface area (Å²) < 4.78 is 5.31. The third-order valence-electron chi connectivity index (χ3n) is 2.56. The predicted molar refractivity (Wildman–Crippen MR) is 68.1 cm³/mol. The molecule has 0 N–H and O–H groups in total. The fraction of sp³-hybridized carbons (Fsp3) is 0.909. The smallest absolute Gasteiger partial charge is 0.313 e. The van der Waals surface area contributed by atoms with Gasteiger partial charge in [-0.25, -0.2) is 0 Å². The van der Waals surface area contributed by atoms with Crippen LogP contribution in [0, 0.1) is 5.41 Å². The van der Waals surface area contributed by atoms with E-state index in [0.29, 0.717) is 6.61 Å². The number of esters is 1. The van der Waals surface area contributed by atoms with Crippen molar-refractivity contribution in [3.63, 3.8) is 0 Å². The van der Waals surface area contributed by atoms with Gasteiger partial charge in [0, 0.05) is 11.5 Å². The molecule has 4 heteroatoms. The summed E-state index contributed by atoms with van der Waals surface area (Å²) in [5, 5.41) is 0. The van der Waals surface area contributed by atoms with Gasteiger partial charge in [-0.2, -0.15) is 0 Å². The van der Waals surface area contributed by atoms with Crippen LogP contribution in [0.15, 0.2) is 0 Å². The molecule has 1 aliphatic heterocycles. The molecule has 0 unspecified atom stereocenters. The van der Waals surface area contributed by atoms with Gasteiger partial charge in [0.15, 0.2) is 0 Å². The molecule has 0 bridgehead atoms. The first-order valence-electron chi connectivity index (χ1n) is 5.61. The Balaban J connectivity index is 2.12. The highest BCUT2D eigenvalue weighted by atomic mass is 33.1. The van der Waals surface area contributed by atoms with Crippen LogP contribution in [0.4, 0.5) is 0 Å². The van der Waals surface area contributed by atoms with E-state index in [1.807, 2.05) is 6.92 Å². The number of carbonyl (C=O) groups is 1. The first-order valence-corrected chi connectivity index (χ1v) is 8.09. The summed E-state index contributed by atoms with van der Waals surface area (Å²) in [6, 6.07) is 0. The lowest BCUT2D eigenvalue weighted by Gasteiger charge is -2.19. The monoisotopic (exact) mass is 248 g/mol. The zero-order valence-electron chi connectivity index (χ0n) is 9.58. The largest absolute Gasteiger partial charge is 0.465 e. The van der Waals surface area contributed by atoms with Crippen LogP contribution in [-0.4, -0.2) is 24.1 Å². The highest BCUT2D eigenvalue weighted by molar-refractivity contribution is 8.77. The lowest BCUT2D eigenvalue weighted by molar-refractivity contribution is -0.152. The fourth-order valence-corrected chi connectivity index (χ4v) is 4.69. The van der Waals surface area contributed by atoms with E-state index >= 15 is 0 Å². The number of unbranched alkanes of at least 4 members (excludes halogenated alkanes) is 3. The summed E-state index contributed by atoms with van der Waals surface area (Å²) >= 11 is 0. The average Bonchev–Trinajstić information content (AvgIpc) is 2.66. The van der Waals surface area contributed by atoms with Crippen LogP contribution >= 0.6 is 21.6 Å².